The van der Waals surface area contributed by atoms with Crippen molar-refractivity contribution in [2.45, 2.75) is 0 Å². The van der Waals surface area contributed by atoms with Gasteiger partial charge in [-0.2, -0.15) is 0 Å². The van der Waals surface area contributed by atoms with Crippen molar-refractivity contribution < 1.29 is 13.6 Å². The van der Waals surface area contributed by atoms with E-state index in [9.17, 15) is 13.6 Å². The smallest absolute Gasteiger partial charge is 0.198 e. The summed E-state index contributed by atoms with van der Waals surface area (Å²) in [6.45, 7) is 0. The fraction of sp³-hybridized carbons (Fsp3) is 0. The third kappa shape index (κ3) is 1.99. The molecule has 3 nitrogen and oxygen atoms in total. The Balaban J connectivity index is 2.56. The second-order valence-corrected chi connectivity index (χ2v) is 3.39. The Morgan fingerprint density at radius 3 is 2.41 bits per heavy atom. The van der Waals surface area contributed by atoms with E-state index < -0.39 is 23.0 Å². The normalized spacial score (nSPS) is 10.2. The zero-order valence-corrected chi connectivity index (χ0v) is 8.65. The first kappa shape index (κ1) is 11.2. The number of carbonyl (C=O) groups is 1. The average molecular weight is 234 g/mol. The van der Waals surface area contributed by atoms with Crippen LogP contribution >= 0.6 is 0 Å². The Bertz CT molecular complexity index is 570. The lowest BCUT2D eigenvalue weighted by molar-refractivity contribution is 0.103. The number of hydrogen-bond acceptors (Lipinski definition) is 3. The van der Waals surface area contributed by atoms with E-state index in [0.717, 1.165) is 12.1 Å². The molecule has 0 aliphatic rings. The number of aromatic nitrogens is 1. The van der Waals surface area contributed by atoms with Gasteiger partial charge in [0, 0.05) is 23.6 Å². The number of benzene rings is 1. The first-order valence-electron chi connectivity index (χ1n) is 4.79. The number of hydrogen-bond donors (Lipinski definition) is 1. The van der Waals surface area contributed by atoms with E-state index in [1.54, 1.807) is 0 Å². The van der Waals surface area contributed by atoms with Crippen molar-refractivity contribution in [3.05, 3.63) is 59.4 Å². The van der Waals surface area contributed by atoms with E-state index in [4.69, 9.17) is 5.73 Å². The molecular weight excluding hydrogens is 226 g/mol. The fourth-order valence-corrected chi connectivity index (χ4v) is 1.44. The van der Waals surface area contributed by atoms with Crippen LogP contribution in [0.2, 0.25) is 0 Å². The van der Waals surface area contributed by atoms with Gasteiger partial charge in [0.05, 0.1) is 5.56 Å². The molecule has 2 N–H and O–H groups in total. The number of nitrogen functional groups attached to an aromatic ring is 1. The van der Waals surface area contributed by atoms with Crippen molar-refractivity contribution >= 4 is 11.5 Å². The van der Waals surface area contributed by atoms with Crippen LogP contribution < -0.4 is 5.73 Å². The van der Waals surface area contributed by atoms with Gasteiger partial charge < -0.3 is 5.73 Å². The summed E-state index contributed by atoms with van der Waals surface area (Å²) in [7, 11) is 0. The number of carbonyl (C=O) groups excluding carboxylic acids is 1. The van der Waals surface area contributed by atoms with Gasteiger partial charge in [-0.25, -0.2) is 8.78 Å². The molecule has 17 heavy (non-hydrogen) atoms. The van der Waals surface area contributed by atoms with Crippen molar-refractivity contribution in [2.24, 2.45) is 0 Å². The summed E-state index contributed by atoms with van der Waals surface area (Å²) in [6, 6.07) is 4.86. The molecule has 86 valence electrons. The maximum absolute atomic E-state index is 13.5. The first-order chi connectivity index (χ1) is 8.11. The lowest BCUT2D eigenvalue weighted by atomic mass is 10.0. The molecule has 1 aromatic carbocycles. The quantitative estimate of drug-likeness (QED) is 0.640. The van der Waals surface area contributed by atoms with E-state index in [-0.39, 0.29) is 11.3 Å². The molecule has 2 rings (SSSR count). The molecule has 2 aromatic rings. The van der Waals surface area contributed by atoms with Crippen LogP contribution in [0.4, 0.5) is 14.5 Å². The topological polar surface area (TPSA) is 56.0 Å². The first-order valence-corrected chi connectivity index (χ1v) is 4.79. The average Bonchev–Trinajstić information content (AvgIpc) is 2.35. The summed E-state index contributed by atoms with van der Waals surface area (Å²) in [5, 5.41) is 0. The third-order valence-corrected chi connectivity index (χ3v) is 2.30. The highest BCUT2D eigenvalue weighted by molar-refractivity contribution is 6.12. The molecule has 0 fully saturated rings. The second kappa shape index (κ2) is 4.29. The van der Waals surface area contributed by atoms with Gasteiger partial charge in [0.1, 0.15) is 0 Å². The standard InChI is InChI=1S/C12H8F2N2O/c13-8-1-2-9(15)10(11(8)14)12(17)7-3-5-16-6-4-7/h1-6H,15H2. The van der Waals surface area contributed by atoms with E-state index in [1.165, 1.54) is 24.5 Å². The summed E-state index contributed by atoms with van der Waals surface area (Å²) in [5.41, 5.74) is 5.15. The van der Waals surface area contributed by atoms with Crippen molar-refractivity contribution in [3.63, 3.8) is 0 Å². The van der Waals surface area contributed by atoms with Gasteiger partial charge >= 0.3 is 0 Å². The van der Waals surface area contributed by atoms with Gasteiger partial charge in [0.2, 0.25) is 0 Å². The number of ketones is 1. The Morgan fingerprint density at radius 1 is 1.12 bits per heavy atom. The number of nitrogens with two attached hydrogens (primary N) is 1. The minimum absolute atomic E-state index is 0.0919. The molecule has 0 aliphatic heterocycles. The van der Waals surface area contributed by atoms with E-state index >= 15 is 0 Å². The van der Waals surface area contributed by atoms with Crippen molar-refractivity contribution in [1.82, 2.24) is 4.98 Å². The van der Waals surface area contributed by atoms with Crippen LogP contribution in [0, 0.1) is 11.6 Å². The summed E-state index contributed by atoms with van der Waals surface area (Å²) >= 11 is 0. The number of rotatable bonds is 2. The van der Waals surface area contributed by atoms with Gasteiger partial charge in [0.15, 0.2) is 17.4 Å². The van der Waals surface area contributed by atoms with Crippen LogP contribution in [0.3, 0.4) is 0 Å². The highest BCUT2D eigenvalue weighted by atomic mass is 19.2. The highest BCUT2D eigenvalue weighted by Crippen LogP contribution is 2.22. The zero-order chi connectivity index (χ0) is 12.4. The van der Waals surface area contributed by atoms with Gasteiger partial charge in [-0.15, -0.1) is 0 Å². The van der Waals surface area contributed by atoms with Crippen LogP contribution in [0.15, 0.2) is 36.7 Å². The summed E-state index contributed by atoms with van der Waals surface area (Å²) < 4.78 is 26.5. The number of nitrogens with zero attached hydrogens (tertiary/aromatic N) is 1. The molecule has 0 saturated heterocycles. The van der Waals surface area contributed by atoms with E-state index in [1.807, 2.05) is 0 Å². The Morgan fingerprint density at radius 2 is 1.76 bits per heavy atom. The zero-order valence-electron chi connectivity index (χ0n) is 8.65. The Kier molecular flexibility index (Phi) is 2.82. The SMILES string of the molecule is Nc1ccc(F)c(F)c1C(=O)c1ccncc1. The van der Waals surface area contributed by atoms with Crippen LogP contribution in [0.1, 0.15) is 15.9 Å². The minimum Gasteiger partial charge on any atom is -0.398 e. The molecule has 0 radical (unpaired) electrons. The fourth-order valence-electron chi connectivity index (χ4n) is 1.44. The molecule has 0 bridgehead atoms. The van der Waals surface area contributed by atoms with Crippen LogP contribution in [-0.4, -0.2) is 10.8 Å². The summed E-state index contributed by atoms with van der Waals surface area (Å²) in [4.78, 5) is 15.7. The Labute approximate surface area is 95.9 Å². The largest absolute Gasteiger partial charge is 0.398 e. The maximum atomic E-state index is 13.5. The van der Waals surface area contributed by atoms with Crippen molar-refractivity contribution in [1.29, 1.82) is 0 Å². The highest BCUT2D eigenvalue weighted by Gasteiger charge is 2.20. The van der Waals surface area contributed by atoms with Crippen LogP contribution in [0.5, 0.6) is 0 Å². The number of halogens is 2. The maximum Gasteiger partial charge on any atom is 0.198 e. The van der Waals surface area contributed by atoms with Gasteiger partial charge in [0.25, 0.3) is 0 Å². The molecule has 5 heteroatoms. The second-order valence-electron chi connectivity index (χ2n) is 3.39. The molecule has 0 spiro atoms. The van der Waals surface area contributed by atoms with Crippen molar-refractivity contribution in [2.75, 3.05) is 5.73 Å². The molecule has 0 aliphatic carbocycles. The molecular formula is C12H8F2N2O. The van der Waals surface area contributed by atoms with E-state index in [2.05, 4.69) is 4.98 Å². The molecule has 0 unspecified atom stereocenters. The number of anilines is 1. The molecule has 1 aromatic heterocycles. The summed E-state index contributed by atoms with van der Waals surface area (Å²) in [6.07, 6.45) is 2.78. The summed E-state index contributed by atoms with van der Waals surface area (Å²) in [5.74, 6) is -3.00. The number of pyridine rings is 1. The van der Waals surface area contributed by atoms with Crippen LogP contribution in [0.25, 0.3) is 0 Å². The predicted molar refractivity (Wildman–Crippen MR) is 58.4 cm³/mol. The molecule has 1 heterocycles. The lowest BCUT2D eigenvalue weighted by Crippen LogP contribution is -2.09. The molecule has 0 atom stereocenters. The minimum atomic E-state index is -1.23. The van der Waals surface area contributed by atoms with E-state index in [0.29, 0.717) is 0 Å². The van der Waals surface area contributed by atoms with Gasteiger partial charge in [-0.3, -0.25) is 9.78 Å². The van der Waals surface area contributed by atoms with Crippen LogP contribution in [-0.2, 0) is 0 Å². The van der Waals surface area contributed by atoms with Gasteiger partial charge in [-0.05, 0) is 24.3 Å². The monoisotopic (exact) mass is 234 g/mol. The predicted octanol–water partition coefficient (Wildman–Crippen LogP) is 2.17. The Hall–Kier alpha value is -2.30. The third-order valence-electron chi connectivity index (χ3n) is 2.30. The van der Waals surface area contributed by atoms with Gasteiger partial charge in [-0.1, -0.05) is 0 Å². The molecule has 0 saturated carbocycles. The molecule has 0 amide bonds. The lowest BCUT2D eigenvalue weighted by Gasteiger charge is -2.06. The van der Waals surface area contributed by atoms with Crippen molar-refractivity contribution in [3.8, 4) is 0 Å².